The second kappa shape index (κ2) is 4.08. The van der Waals surface area contributed by atoms with Gasteiger partial charge in [0, 0.05) is 0 Å². The first kappa shape index (κ1) is 12.4. The minimum Gasteiger partial charge on any atom is -0.503 e. The summed E-state index contributed by atoms with van der Waals surface area (Å²) in [6.07, 6.45) is -0.0174. The van der Waals surface area contributed by atoms with Crippen LogP contribution in [-0.4, -0.2) is 16.2 Å². The third-order valence-corrected chi connectivity index (χ3v) is 2.30. The molecule has 0 fully saturated rings. The van der Waals surface area contributed by atoms with Gasteiger partial charge in [0.25, 0.3) is 0 Å². The molecule has 0 aromatic heterocycles. The van der Waals surface area contributed by atoms with Gasteiger partial charge in [0.2, 0.25) is 0 Å². The van der Waals surface area contributed by atoms with E-state index in [1.165, 1.54) is 13.8 Å². The number of hydrogen-bond donors (Lipinski definition) is 2. The zero-order valence-electron chi connectivity index (χ0n) is 8.92. The molecular formula is C11H12F2O3. The summed E-state index contributed by atoms with van der Waals surface area (Å²) < 4.78 is 26.0. The number of carbonyl (C=O) groups is 1. The maximum Gasteiger partial charge on any atom is 0.309 e. The Morgan fingerprint density at radius 3 is 2.12 bits per heavy atom. The van der Waals surface area contributed by atoms with Crippen LogP contribution < -0.4 is 0 Å². The summed E-state index contributed by atoms with van der Waals surface area (Å²) >= 11 is 0. The Labute approximate surface area is 91.3 Å². The highest BCUT2D eigenvalue weighted by atomic mass is 19.1. The van der Waals surface area contributed by atoms with E-state index < -0.39 is 28.8 Å². The van der Waals surface area contributed by atoms with E-state index in [1.807, 2.05) is 0 Å². The van der Waals surface area contributed by atoms with Gasteiger partial charge in [-0.15, -0.1) is 0 Å². The van der Waals surface area contributed by atoms with Crippen molar-refractivity contribution in [2.75, 3.05) is 0 Å². The fraction of sp³-hybridized carbons (Fsp3) is 0.364. The van der Waals surface area contributed by atoms with Crippen LogP contribution in [0.2, 0.25) is 0 Å². The SMILES string of the molecule is CC(C)(Cc1cc(F)c(O)c(F)c1)C(=O)O. The molecule has 1 aromatic carbocycles. The number of rotatable bonds is 3. The highest BCUT2D eigenvalue weighted by Gasteiger charge is 2.28. The lowest BCUT2D eigenvalue weighted by molar-refractivity contribution is -0.146. The molecule has 0 heterocycles. The van der Waals surface area contributed by atoms with Gasteiger partial charge in [0.05, 0.1) is 5.41 Å². The summed E-state index contributed by atoms with van der Waals surface area (Å²) in [5.74, 6) is -4.27. The molecule has 0 radical (unpaired) electrons. The molecule has 5 heteroatoms. The normalized spacial score (nSPS) is 11.5. The molecule has 3 nitrogen and oxygen atoms in total. The van der Waals surface area contributed by atoms with E-state index >= 15 is 0 Å². The van der Waals surface area contributed by atoms with Gasteiger partial charge in [-0.05, 0) is 38.0 Å². The molecule has 0 bridgehead atoms. The monoisotopic (exact) mass is 230 g/mol. The summed E-state index contributed by atoms with van der Waals surface area (Å²) in [5, 5.41) is 17.7. The highest BCUT2D eigenvalue weighted by Crippen LogP contribution is 2.27. The Bertz CT molecular complexity index is 404. The van der Waals surface area contributed by atoms with E-state index in [-0.39, 0.29) is 12.0 Å². The van der Waals surface area contributed by atoms with Crippen molar-refractivity contribution in [1.29, 1.82) is 0 Å². The average Bonchev–Trinajstić information content (AvgIpc) is 2.13. The van der Waals surface area contributed by atoms with Crippen molar-refractivity contribution in [1.82, 2.24) is 0 Å². The molecule has 0 spiro atoms. The summed E-state index contributed by atoms with van der Waals surface area (Å²) in [6, 6.07) is 1.87. The first-order chi connectivity index (χ1) is 7.24. The molecule has 0 saturated carbocycles. The molecule has 0 atom stereocenters. The van der Waals surface area contributed by atoms with Crippen LogP contribution in [0.4, 0.5) is 8.78 Å². The van der Waals surface area contributed by atoms with Crippen LogP contribution in [0.1, 0.15) is 19.4 Å². The molecule has 1 aromatic rings. The number of halogens is 2. The van der Waals surface area contributed by atoms with Gasteiger partial charge in [-0.2, -0.15) is 0 Å². The Kier molecular flexibility index (Phi) is 3.16. The number of phenolic OH excluding ortho intramolecular Hbond substituents is 1. The van der Waals surface area contributed by atoms with Crippen LogP contribution >= 0.6 is 0 Å². The predicted octanol–water partition coefficient (Wildman–Crippen LogP) is 2.32. The van der Waals surface area contributed by atoms with Crippen LogP contribution in [-0.2, 0) is 11.2 Å². The van der Waals surface area contributed by atoms with Gasteiger partial charge in [-0.3, -0.25) is 4.79 Å². The topological polar surface area (TPSA) is 57.5 Å². The Morgan fingerprint density at radius 1 is 1.31 bits per heavy atom. The lowest BCUT2D eigenvalue weighted by Crippen LogP contribution is -2.26. The number of carboxylic acids is 1. The number of benzene rings is 1. The van der Waals surface area contributed by atoms with Gasteiger partial charge < -0.3 is 10.2 Å². The summed E-state index contributed by atoms with van der Waals surface area (Å²) in [7, 11) is 0. The van der Waals surface area contributed by atoms with Crippen molar-refractivity contribution in [2.45, 2.75) is 20.3 Å². The van der Waals surface area contributed by atoms with Crippen LogP contribution in [0.5, 0.6) is 5.75 Å². The molecule has 2 N–H and O–H groups in total. The molecule has 16 heavy (non-hydrogen) atoms. The summed E-state index contributed by atoms with van der Waals surface area (Å²) in [6.45, 7) is 2.91. The smallest absolute Gasteiger partial charge is 0.309 e. The lowest BCUT2D eigenvalue weighted by atomic mass is 9.86. The van der Waals surface area contributed by atoms with Crippen molar-refractivity contribution in [3.8, 4) is 5.75 Å². The van der Waals surface area contributed by atoms with Crippen molar-refractivity contribution < 1.29 is 23.8 Å². The Balaban J connectivity index is 3.04. The standard InChI is InChI=1S/C11H12F2O3/c1-11(2,10(15)16)5-6-3-7(12)9(14)8(13)4-6/h3-4,14H,5H2,1-2H3,(H,15,16). The molecule has 0 aliphatic rings. The number of phenols is 1. The van der Waals surface area contributed by atoms with Crippen LogP contribution in [0.3, 0.4) is 0 Å². The van der Waals surface area contributed by atoms with E-state index in [9.17, 15) is 13.6 Å². The van der Waals surface area contributed by atoms with E-state index in [4.69, 9.17) is 10.2 Å². The highest BCUT2D eigenvalue weighted by molar-refractivity contribution is 5.74. The third-order valence-electron chi connectivity index (χ3n) is 2.30. The molecule has 88 valence electrons. The number of aliphatic carboxylic acids is 1. The van der Waals surface area contributed by atoms with Crippen molar-refractivity contribution in [3.05, 3.63) is 29.3 Å². The molecule has 0 aliphatic carbocycles. The van der Waals surface area contributed by atoms with E-state index in [2.05, 4.69) is 0 Å². The van der Waals surface area contributed by atoms with Gasteiger partial charge in [0.1, 0.15) is 0 Å². The number of hydrogen-bond acceptors (Lipinski definition) is 2. The predicted molar refractivity (Wildman–Crippen MR) is 53.1 cm³/mol. The second-order valence-corrected chi connectivity index (χ2v) is 4.27. The van der Waals surface area contributed by atoms with Gasteiger partial charge in [-0.25, -0.2) is 8.78 Å². The van der Waals surface area contributed by atoms with Crippen molar-refractivity contribution in [3.63, 3.8) is 0 Å². The number of aromatic hydroxyl groups is 1. The second-order valence-electron chi connectivity index (χ2n) is 4.27. The average molecular weight is 230 g/mol. The molecule has 0 unspecified atom stereocenters. The van der Waals surface area contributed by atoms with Gasteiger partial charge in [-0.1, -0.05) is 0 Å². The number of carboxylic acid groups (broad SMARTS) is 1. The summed E-state index contributed by atoms with van der Waals surface area (Å²) in [5.41, 5.74) is -0.921. The van der Waals surface area contributed by atoms with Crippen LogP contribution in [0.15, 0.2) is 12.1 Å². The lowest BCUT2D eigenvalue weighted by Gasteiger charge is -2.19. The van der Waals surface area contributed by atoms with E-state index in [0.29, 0.717) is 0 Å². The molecule has 0 amide bonds. The van der Waals surface area contributed by atoms with E-state index in [0.717, 1.165) is 12.1 Å². The first-order valence-corrected chi connectivity index (χ1v) is 4.64. The third kappa shape index (κ3) is 2.48. The Morgan fingerprint density at radius 2 is 1.75 bits per heavy atom. The first-order valence-electron chi connectivity index (χ1n) is 4.64. The largest absolute Gasteiger partial charge is 0.503 e. The molecule has 0 aliphatic heterocycles. The maximum atomic E-state index is 13.0. The Hall–Kier alpha value is -1.65. The van der Waals surface area contributed by atoms with Crippen molar-refractivity contribution >= 4 is 5.97 Å². The van der Waals surface area contributed by atoms with Gasteiger partial charge >= 0.3 is 5.97 Å². The van der Waals surface area contributed by atoms with E-state index in [1.54, 1.807) is 0 Å². The van der Waals surface area contributed by atoms with Crippen LogP contribution in [0, 0.1) is 17.0 Å². The minimum absolute atomic E-state index is 0.0174. The molecule has 1 rings (SSSR count). The quantitative estimate of drug-likeness (QED) is 0.837. The summed E-state index contributed by atoms with van der Waals surface area (Å²) in [4.78, 5) is 10.8. The molecule has 0 saturated heterocycles. The van der Waals surface area contributed by atoms with Crippen molar-refractivity contribution in [2.24, 2.45) is 5.41 Å². The zero-order chi connectivity index (χ0) is 12.5. The fourth-order valence-electron chi connectivity index (χ4n) is 1.31. The van der Waals surface area contributed by atoms with Gasteiger partial charge in [0.15, 0.2) is 17.4 Å². The molecular weight excluding hydrogens is 218 g/mol. The van der Waals surface area contributed by atoms with Crippen LogP contribution in [0.25, 0.3) is 0 Å². The fourth-order valence-corrected chi connectivity index (χ4v) is 1.31. The minimum atomic E-state index is -1.12. The zero-order valence-corrected chi connectivity index (χ0v) is 8.92. The maximum absolute atomic E-state index is 13.0.